The van der Waals surface area contributed by atoms with E-state index in [2.05, 4.69) is 10.4 Å². The first-order valence-corrected chi connectivity index (χ1v) is 9.80. The summed E-state index contributed by atoms with van der Waals surface area (Å²) in [5, 5.41) is 16.8. The molecule has 6 nitrogen and oxygen atoms in total. The lowest BCUT2D eigenvalue weighted by molar-refractivity contribution is 0.214. The molecule has 2 heterocycles. The predicted octanol–water partition coefficient (Wildman–Crippen LogP) is 3.25. The van der Waals surface area contributed by atoms with Gasteiger partial charge in [0.05, 0.1) is 18.3 Å². The molecular weight excluding hydrogens is 409 g/mol. The van der Waals surface area contributed by atoms with Crippen LogP contribution in [-0.4, -0.2) is 46.0 Å². The zero-order valence-corrected chi connectivity index (χ0v) is 16.8. The Morgan fingerprint density at radius 3 is 2.58 bits per heavy atom. The number of amides is 1. The van der Waals surface area contributed by atoms with Gasteiger partial charge in [-0.05, 0) is 18.7 Å². The van der Waals surface area contributed by atoms with Crippen LogP contribution in [0.15, 0.2) is 42.5 Å². The smallest absolute Gasteiger partial charge is 0.342 e. The topological polar surface area (TPSA) is 70.4 Å². The molecule has 3 aromatic rings. The number of hydrogen-bond acceptors (Lipinski definition) is 4. The zero-order valence-electron chi connectivity index (χ0n) is 16.8. The summed E-state index contributed by atoms with van der Waals surface area (Å²) in [5.41, 5.74) is 1.74. The number of hydrogen-bond donors (Lipinski definition) is 2. The van der Waals surface area contributed by atoms with Crippen molar-refractivity contribution in [3.05, 3.63) is 76.7 Å². The van der Waals surface area contributed by atoms with E-state index in [-0.39, 0.29) is 17.9 Å². The number of rotatable bonds is 4. The molecule has 9 heteroatoms. The second-order valence-corrected chi connectivity index (χ2v) is 7.51. The fourth-order valence-corrected chi connectivity index (χ4v) is 3.77. The maximum atomic E-state index is 14.5. The molecule has 2 N–H and O–H groups in total. The van der Waals surface area contributed by atoms with Gasteiger partial charge in [0, 0.05) is 36.7 Å². The minimum absolute atomic E-state index is 0.0911. The van der Waals surface area contributed by atoms with Gasteiger partial charge in [0.2, 0.25) is 0 Å². The van der Waals surface area contributed by atoms with Crippen molar-refractivity contribution in [2.75, 3.05) is 20.2 Å². The van der Waals surface area contributed by atoms with Crippen LogP contribution in [0.5, 0.6) is 0 Å². The van der Waals surface area contributed by atoms with Crippen LogP contribution in [0.2, 0.25) is 0 Å². The maximum absolute atomic E-state index is 14.5. The molecule has 2 aromatic carbocycles. The van der Waals surface area contributed by atoms with Gasteiger partial charge in [-0.2, -0.15) is 9.78 Å². The molecule has 0 aliphatic carbocycles. The van der Waals surface area contributed by atoms with Crippen LogP contribution in [0.25, 0.3) is 11.3 Å². The number of carbonyl (C=O) groups is 1. The highest BCUT2D eigenvalue weighted by Crippen LogP contribution is 2.32. The summed E-state index contributed by atoms with van der Waals surface area (Å²) in [7, 11) is 1.86. The van der Waals surface area contributed by atoms with E-state index in [9.17, 15) is 23.1 Å². The van der Waals surface area contributed by atoms with Crippen LogP contribution in [0.3, 0.4) is 0 Å². The third-order valence-corrected chi connectivity index (χ3v) is 5.39. The van der Waals surface area contributed by atoms with E-state index in [1.54, 1.807) is 24.3 Å². The lowest BCUT2D eigenvalue weighted by Crippen LogP contribution is -2.37. The van der Waals surface area contributed by atoms with Gasteiger partial charge in [0.15, 0.2) is 11.6 Å². The number of aromatic nitrogens is 2. The first-order valence-electron chi connectivity index (χ1n) is 9.80. The van der Waals surface area contributed by atoms with Crippen LogP contribution >= 0.6 is 0 Å². The van der Waals surface area contributed by atoms with Gasteiger partial charge in [-0.25, -0.2) is 18.0 Å². The number of likely N-dealkylation sites (N-methyl/N-ethyl adjacent to an activating group) is 1. The quantitative estimate of drug-likeness (QED) is 0.624. The molecule has 0 spiro atoms. The first kappa shape index (κ1) is 21.1. The van der Waals surface area contributed by atoms with Crippen LogP contribution < -0.4 is 5.32 Å². The number of halogens is 3. The Balaban J connectivity index is 1.75. The predicted molar refractivity (Wildman–Crippen MR) is 108 cm³/mol. The Hall–Kier alpha value is -3.17. The largest absolute Gasteiger partial charge is 0.394 e. The summed E-state index contributed by atoms with van der Waals surface area (Å²) < 4.78 is 42.9. The molecule has 0 saturated carbocycles. The molecule has 0 saturated heterocycles. The summed E-state index contributed by atoms with van der Waals surface area (Å²) >= 11 is 0. The van der Waals surface area contributed by atoms with Crippen LogP contribution in [0.1, 0.15) is 22.9 Å². The highest BCUT2D eigenvalue weighted by Gasteiger charge is 2.29. The van der Waals surface area contributed by atoms with E-state index in [0.717, 1.165) is 10.7 Å². The van der Waals surface area contributed by atoms with Gasteiger partial charge in [0.25, 0.3) is 0 Å². The van der Waals surface area contributed by atoms with E-state index < -0.39 is 29.5 Å². The summed E-state index contributed by atoms with van der Waals surface area (Å²) in [5.74, 6) is -3.45. The second-order valence-electron chi connectivity index (χ2n) is 7.51. The Kier molecular flexibility index (Phi) is 5.79. The zero-order chi connectivity index (χ0) is 22.1. The van der Waals surface area contributed by atoms with Crippen LogP contribution in [0.4, 0.5) is 18.0 Å². The number of carbonyl (C=O) groups excluding carboxylic acids is 1. The highest BCUT2D eigenvalue weighted by atomic mass is 19.2. The Morgan fingerprint density at radius 1 is 1.16 bits per heavy atom. The number of fused-ring (bicyclic) bond motifs is 1. The number of nitrogens with zero attached hydrogens (tertiary/aromatic N) is 3. The summed E-state index contributed by atoms with van der Waals surface area (Å²) in [4.78, 5) is 15.0. The van der Waals surface area contributed by atoms with E-state index in [1.807, 2.05) is 18.0 Å². The maximum Gasteiger partial charge on any atom is 0.342 e. The molecule has 1 aliphatic rings. The van der Waals surface area contributed by atoms with Crippen molar-refractivity contribution in [2.45, 2.75) is 19.0 Å². The first-order chi connectivity index (χ1) is 14.9. The summed E-state index contributed by atoms with van der Waals surface area (Å²) in [6.45, 7) is 0.693. The highest BCUT2D eigenvalue weighted by molar-refractivity contribution is 5.79. The molecular formula is C22H21F3N4O2. The van der Waals surface area contributed by atoms with E-state index >= 15 is 0 Å². The molecule has 0 bridgehead atoms. The average molecular weight is 430 g/mol. The molecule has 1 aliphatic heterocycles. The molecule has 0 fully saturated rings. The van der Waals surface area contributed by atoms with Crippen molar-refractivity contribution >= 4 is 6.03 Å². The molecule has 1 aromatic heterocycles. The summed E-state index contributed by atoms with van der Waals surface area (Å²) in [6, 6.07) is 8.92. The van der Waals surface area contributed by atoms with Crippen molar-refractivity contribution in [3.8, 4) is 11.3 Å². The molecule has 0 radical (unpaired) electrons. The summed E-state index contributed by atoms with van der Waals surface area (Å²) in [6.07, 6.45) is 0.465. The van der Waals surface area contributed by atoms with Gasteiger partial charge < -0.3 is 15.3 Å². The van der Waals surface area contributed by atoms with Crippen molar-refractivity contribution in [2.24, 2.45) is 0 Å². The van der Waals surface area contributed by atoms with Gasteiger partial charge in [-0.1, -0.05) is 30.3 Å². The van der Waals surface area contributed by atoms with Crippen molar-refractivity contribution in [1.29, 1.82) is 0 Å². The minimum atomic E-state index is -1.29. The van der Waals surface area contributed by atoms with E-state index in [4.69, 9.17) is 0 Å². The number of aliphatic hydroxyl groups excluding tert-OH is 1. The van der Waals surface area contributed by atoms with Crippen molar-refractivity contribution in [3.63, 3.8) is 0 Å². The number of nitrogens with one attached hydrogen (secondary N) is 1. The molecule has 1 atom stereocenters. The van der Waals surface area contributed by atoms with Crippen LogP contribution in [0, 0.1) is 17.5 Å². The van der Waals surface area contributed by atoms with E-state index in [1.165, 1.54) is 0 Å². The van der Waals surface area contributed by atoms with Crippen LogP contribution in [-0.2, 0) is 13.0 Å². The fraction of sp³-hybridized carbons (Fsp3) is 0.273. The van der Waals surface area contributed by atoms with E-state index in [0.29, 0.717) is 42.4 Å². The Bertz CT molecular complexity index is 1120. The third kappa shape index (κ3) is 4.06. The molecule has 1 unspecified atom stereocenters. The number of benzene rings is 2. The van der Waals surface area contributed by atoms with Crippen molar-refractivity contribution < 1.29 is 23.1 Å². The van der Waals surface area contributed by atoms with Gasteiger partial charge in [-0.3, -0.25) is 0 Å². The standard InChI is InChI=1S/C22H21F3N4O2/c1-28-8-7-20-15(11-28)21(14-9-17(24)18(25)10-16(14)23)27-29(20)22(31)26-19(12-30)13-5-3-2-4-6-13/h2-6,9-10,19,30H,7-8,11-12H2,1H3,(H,26,31). The fourth-order valence-electron chi connectivity index (χ4n) is 3.77. The second kappa shape index (κ2) is 8.52. The average Bonchev–Trinajstić information content (AvgIpc) is 3.13. The normalized spacial score (nSPS) is 14.9. The van der Waals surface area contributed by atoms with Crippen molar-refractivity contribution in [1.82, 2.24) is 20.0 Å². The molecule has 31 heavy (non-hydrogen) atoms. The lowest BCUT2D eigenvalue weighted by atomic mass is 10.0. The van der Waals surface area contributed by atoms with Gasteiger partial charge in [0.1, 0.15) is 11.5 Å². The molecule has 4 rings (SSSR count). The molecule has 162 valence electrons. The van der Waals surface area contributed by atoms with Gasteiger partial charge >= 0.3 is 6.03 Å². The Morgan fingerprint density at radius 2 is 1.87 bits per heavy atom. The SMILES string of the molecule is CN1CCc2c(c(-c3cc(F)c(F)cc3F)nn2C(=O)NC(CO)c2ccccc2)C1. The molecule has 1 amide bonds. The third-order valence-electron chi connectivity index (χ3n) is 5.39. The Labute approximate surface area is 176 Å². The van der Waals surface area contributed by atoms with Gasteiger partial charge in [-0.15, -0.1) is 0 Å². The monoisotopic (exact) mass is 430 g/mol. The number of aliphatic hydroxyl groups is 1. The lowest BCUT2D eigenvalue weighted by Gasteiger charge is -2.24. The minimum Gasteiger partial charge on any atom is -0.394 e.